The van der Waals surface area contributed by atoms with E-state index < -0.39 is 0 Å². The van der Waals surface area contributed by atoms with Gasteiger partial charge in [-0.1, -0.05) is 5.21 Å². The summed E-state index contributed by atoms with van der Waals surface area (Å²) in [6, 6.07) is 5.47. The van der Waals surface area contributed by atoms with Gasteiger partial charge in [0, 0.05) is 10.5 Å². The van der Waals surface area contributed by atoms with Gasteiger partial charge in [0.2, 0.25) is 0 Å². The Morgan fingerprint density at radius 2 is 2.31 bits per heavy atom. The molecular formula is C10H8BrN3O2. The van der Waals surface area contributed by atoms with E-state index in [2.05, 4.69) is 26.2 Å². The Hall–Kier alpha value is -1.69. The van der Waals surface area contributed by atoms with Gasteiger partial charge >= 0.3 is 0 Å². The van der Waals surface area contributed by atoms with Crippen molar-refractivity contribution in [3.8, 4) is 11.4 Å². The summed E-state index contributed by atoms with van der Waals surface area (Å²) in [5, 5.41) is 7.53. The number of benzene rings is 1. The summed E-state index contributed by atoms with van der Waals surface area (Å²) < 4.78 is 7.47. The van der Waals surface area contributed by atoms with E-state index in [1.807, 2.05) is 12.1 Å². The van der Waals surface area contributed by atoms with E-state index in [0.717, 1.165) is 10.2 Å². The van der Waals surface area contributed by atoms with Gasteiger partial charge in [0.15, 0.2) is 6.29 Å². The first kappa shape index (κ1) is 10.8. The molecule has 0 N–H and O–H groups in total. The first-order chi connectivity index (χ1) is 7.74. The second-order valence-corrected chi connectivity index (χ2v) is 3.88. The van der Waals surface area contributed by atoms with Crippen molar-refractivity contribution in [2.24, 2.45) is 0 Å². The predicted molar refractivity (Wildman–Crippen MR) is 61.0 cm³/mol. The van der Waals surface area contributed by atoms with Crippen LogP contribution < -0.4 is 4.74 Å². The number of halogens is 1. The first-order valence-corrected chi connectivity index (χ1v) is 5.25. The highest BCUT2D eigenvalue weighted by Crippen LogP contribution is 2.25. The van der Waals surface area contributed by atoms with Crippen molar-refractivity contribution < 1.29 is 9.53 Å². The lowest BCUT2D eigenvalue weighted by molar-refractivity contribution is 0.111. The number of hydrogen-bond donors (Lipinski definition) is 0. The van der Waals surface area contributed by atoms with Gasteiger partial charge in [0.05, 0.1) is 19.0 Å². The van der Waals surface area contributed by atoms with Crippen LogP contribution in [-0.2, 0) is 0 Å². The van der Waals surface area contributed by atoms with Crippen molar-refractivity contribution in [1.29, 1.82) is 0 Å². The number of carbonyl (C=O) groups is 1. The van der Waals surface area contributed by atoms with Crippen molar-refractivity contribution >= 4 is 22.2 Å². The third-order valence-corrected chi connectivity index (χ3v) is 2.70. The molecule has 1 heterocycles. The molecule has 6 heteroatoms. The van der Waals surface area contributed by atoms with Crippen LogP contribution in [0.4, 0.5) is 0 Å². The molecule has 0 aliphatic carbocycles. The number of nitrogens with zero attached hydrogens (tertiary/aromatic N) is 3. The molecule has 16 heavy (non-hydrogen) atoms. The number of aldehydes is 1. The average molecular weight is 282 g/mol. The summed E-state index contributed by atoms with van der Waals surface area (Å²) >= 11 is 3.40. The zero-order valence-corrected chi connectivity index (χ0v) is 10.0. The maximum Gasteiger partial charge on any atom is 0.171 e. The molecular weight excluding hydrogens is 274 g/mol. The van der Waals surface area contributed by atoms with Crippen LogP contribution in [0.5, 0.6) is 5.75 Å². The largest absolute Gasteiger partial charge is 0.497 e. The predicted octanol–water partition coefficient (Wildman–Crippen LogP) is 1.85. The van der Waals surface area contributed by atoms with Crippen LogP contribution in [0.15, 0.2) is 28.9 Å². The Labute approximate surface area is 100 Å². The summed E-state index contributed by atoms with van der Waals surface area (Å²) in [7, 11) is 1.59. The van der Waals surface area contributed by atoms with E-state index in [1.54, 1.807) is 19.4 Å². The smallest absolute Gasteiger partial charge is 0.171 e. The molecule has 0 spiro atoms. The van der Waals surface area contributed by atoms with E-state index in [0.29, 0.717) is 12.0 Å². The highest BCUT2D eigenvalue weighted by Gasteiger charge is 2.07. The molecule has 0 radical (unpaired) electrons. The van der Waals surface area contributed by atoms with E-state index in [9.17, 15) is 4.79 Å². The van der Waals surface area contributed by atoms with Crippen LogP contribution in [-0.4, -0.2) is 28.4 Å². The summed E-state index contributed by atoms with van der Waals surface area (Å²) in [6.07, 6.45) is 2.20. The second-order valence-electron chi connectivity index (χ2n) is 3.02. The van der Waals surface area contributed by atoms with Gasteiger partial charge in [-0.25, -0.2) is 4.68 Å². The van der Waals surface area contributed by atoms with Crippen molar-refractivity contribution in [2.45, 2.75) is 0 Å². The number of aromatic nitrogens is 3. The normalized spacial score (nSPS) is 10.1. The van der Waals surface area contributed by atoms with Crippen molar-refractivity contribution in [2.75, 3.05) is 7.11 Å². The third-order valence-electron chi connectivity index (χ3n) is 2.03. The van der Waals surface area contributed by atoms with Crippen LogP contribution in [0.2, 0.25) is 0 Å². The van der Waals surface area contributed by atoms with Crippen LogP contribution in [0.25, 0.3) is 5.69 Å². The lowest BCUT2D eigenvalue weighted by atomic mass is 10.3. The molecule has 0 unspecified atom stereocenters. The Morgan fingerprint density at radius 3 is 2.94 bits per heavy atom. The van der Waals surface area contributed by atoms with Gasteiger partial charge in [-0.05, 0) is 28.1 Å². The van der Waals surface area contributed by atoms with Crippen molar-refractivity contribution in [1.82, 2.24) is 15.0 Å². The van der Waals surface area contributed by atoms with Crippen LogP contribution >= 0.6 is 15.9 Å². The number of rotatable bonds is 3. The molecule has 0 saturated heterocycles. The molecule has 82 valence electrons. The third kappa shape index (κ3) is 1.96. The number of ether oxygens (including phenoxy) is 1. The fourth-order valence-corrected chi connectivity index (χ4v) is 1.67. The molecule has 5 nitrogen and oxygen atoms in total. The molecule has 1 aromatic heterocycles. The summed E-state index contributed by atoms with van der Waals surface area (Å²) in [4.78, 5) is 10.5. The zero-order chi connectivity index (χ0) is 11.5. The average Bonchev–Trinajstić information content (AvgIpc) is 2.78. The topological polar surface area (TPSA) is 57.0 Å². The minimum atomic E-state index is 0.287. The van der Waals surface area contributed by atoms with E-state index >= 15 is 0 Å². The van der Waals surface area contributed by atoms with Crippen LogP contribution in [0, 0.1) is 0 Å². The molecule has 2 rings (SSSR count). The Bertz CT molecular complexity index is 525. The van der Waals surface area contributed by atoms with Crippen LogP contribution in [0.3, 0.4) is 0 Å². The highest BCUT2D eigenvalue weighted by atomic mass is 79.9. The van der Waals surface area contributed by atoms with Crippen molar-refractivity contribution in [3.63, 3.8) is 0 Å². The lowest BCUT2D eigenvalue weighted by Gasteiger charge is -2.05. The maximum atomic E-state index is 10.5. The van der Waals surface area contributed by atoms with Gasteiger partial charge in [0.1, 0.15) is 11.4 Å². The molecule has 0 saturated carbocycles. The molecule has 0 fully saturated rings. The Balaban J connectivity index is 2.49. The van der Waals surface area contributed by atoms with Crippen molar-refractivity contribution in [3.05, 3.63) is 34.6 Å². The molecule has 0 aliphatic heterocycles. The highest BCUT2D eigenvalue weighted by molar-refractivity contribution is 9.10. The molecule has 0 aliphatic rings. The fraction of sp³-hybridized carbons (Fsp3) is 0.100. The maximum absolute atomic E-state index is 10.5. The number of methoxy groups -OCH3 is 1. The Morgan fingerprint density at radius 1 is 1.50 bits per heavy atom. The zero-order valence-electron chi connectivity index (χ0n) is 8.42. The molecule has 0 atom stereocenters. The summed E-state index contributed by atoms with van der Waals surface area (Å²) in [6.45, 7) is 0. The quantitative estimate of drug-likeness (QED) is 0.806. The second kappa shape index (κ2) is 4.44. The fourth-order valence-electron chi connectivity index (χ4n) is 1.24. The van der Waals surface area contributed by atoms with Gasteiger partial charge in [-0.15, -0.1) is 5.10 Å². The van der Waals surface area contributed by atoms with Gasteiger partial charge < -0.3 is 4.74 Å². The summed E-state index contributed by atoms with van der Waals surface area (Å²) in [5.41, 5.74) is 1.05. The van der Waals surface area contributed by atoms with Gasteiger partial charge in [-0.2, -0.15) is 0 Å². The summed E-state index contributed by atoms with van der Waals surface area (Å²) in [5.74, 6) is 0.710. The molecule has 0 amide bonds. The standard InChI is InChI=1S/C10H8BrN3O2/c1-16-8-2-3-9(11)10(4-8)14-5-7(6-15)12-13-14/h2-6H,1H3. The lowest BCUT2D eigenvalue weighted by Crippen LogP contribution is -1.97. The van der Waals surface area contributed by atoms with Gasteiger partial charge in [-0.3, -0.25) is 4.79 Å². The SMILES string of the molecule is COc1ccc(Br)c(-n2cc(C=O)nn2)c1. The number of hydrogen-bond acceptors (Lipinski definition) is 4. The molecule has 1 aromatic carbocycles. The monoisotopic (exact) mass is 281 g/mol. The molecule has 2 aromatic rings. The van der Waals surface area contributed by atoms with E-state index in [1.165, 1.54) is 4.68 Å². The minimum Gasteiger partial charge on any atom is -0.497 e. The van der Waals surface area contributed by atoms with E-state index in [-0.39, 0.29) is 5.69 Å². The Kier molecular flexibility index (Phi) is 3.00. The van der Waals surface area contributed by atoms with Gasteiger partial charge in [0.25, 0.3) is 0 Å². The first-order valence-electron chi connectivity index (χ1n) is 4.46. The van der Waals surface area contributed by atoms with Crippen LogP contribution in [0.1, 0.15) is 10.5 Å². The number of carbonyl (C=O) groups excluding carboxylic acids is 1. The minimum absolute atomic E-state index is 0.287. The van der Waals surface area contributed by atoms with E-state index in [4.69, 9.17) is 4.74 Å². The molecule has 0 bridgehead atoms.